The zero-order valence-corrected chi connectivity index (χ0v) is 19.2. The number of carbonyl (C=O) groups excluding carboxylic acids is 2. The molecule has 32 heavy (non-hydrogen) atoms. The van der Waals surface area contributed by atoms with Crippen LogP contribution in [0.5, 0.6) is 5.75 Å². The highest BCUT2D eigenvalue weighted by molar-refractivity contribution is 5.77. The molecule has 4 heterocycles. The van der Waals surface area contributed by atoms with Crippen molar-refractivity contribution in [3.05, 3.63) is 29.8 Å². The number of ether oxygens (including phenoxy) is 1. The lowest BCUT2D eigenvalue weighted by Gasteiger charge is -2.54. The van der Waals surface area contributed by atoms with E-state index in [4.69, 9.17) is 4.74 Å². The minimum Gasteiger partial charge on any atom is -0.497 e. The fourth-order valence-electron chi connectivity index (χ4n) is 6.45. The quantitative estimate of drug-likeness (QED) is 0.782. The Labute approximate surface area is 191 Å². The van der Waals surface area contributed by atoms with Crippen molar-refractivity contribution < 1.29 is 14.3 Å². The van der Waals surface area contributed by atoms with Crippen LogP contribution in [0.25, 0.3) is 0 Å². The molecule has 0 saturated carbocycles. The van der Waals surface area contributed by atoms with Gasteiger partial charge in [-0.25, -0.2) is 4.79 Å². The highest BCUT2D eigenvalue weighted by atomic mass is 16.5. The summed E-state index contributed by atoms with van der Waals surface area (Å²) in [6, 6.07) is 8.88. The fourth-order valence-corrected chi connectivity index (χ4v) is 6.45. The Morgan fingerprint density at radius 1 is 1.16 bits per heavy atom. The van der Waals surface area contributed by atoms with E-state index in [1.165, 1.54) is 12.8 Å². The average Bonchev–Trinajstić information content (AvgIpc) is 2.83. The van der Waals surface area contributed by atoms with E-state index >= 15 is 0 Å². The Balaban J connectivity index is 1.11. The van der Waals surface area contributed by atoms with Gasteiger partial charge < -0.3 is 19.9 Å². The number of fused-ring (bicyclic) bond motifs is 4. The summed E-state index contributed by atoms with van der Waals surface area (Å²) in [5.74, 6) is 2.45. The van der Waals surface area contributed by atoms with Crippen molar-refractivity contribution >= 4 is 11.9 Å². The van der Waals surface area contributed by atoms with E-state index in [0.29, 0.717) is 36.4 Å². The molecule has 5 rings (SSSR count). The van der Waals surface area contributed by atoms with E-state index in [-0.39, 0.29) is 6.03 Å². The molecule has 0 aliphatic carbocycles. The van der Waals surface area contributed by atoms with E-state index in [2.05, 4.69) is 15.1 Å². The molecule has 7 nitrogen and oxygen atoms in total. The number of carbonyl (C=O) groups is 2. The first-order valence-corrected chi connectivity index (χ1v) is 12.3. The third-order valence-electron chi connectivity index (χ3n) is 8.05. The summed E-state index contributed by atoms with van der Waals surface area (Å²) in [5.41, 5.74) is 1.04. The largest absolute Gasteiger partial charge is 0.497 e. The van der Waals surface area contributed by atoms with Gasteiger partial charge in [-0.2, -0.15) is 0 Å². The summed E-state index contributed by atoms with van der Waals surface area (Å²) in [7, 11) is 1.65. The standard InChI is InChI=1S/C25H36N4O3/c1-32-22-5-2-4-18(13-22)14-26-25(31)27-10-8-21(9-11-27)28-15-19-12-20(17-28)23-6-3-7-24(30)29(23)16-19/h2,4-5,13,19-21,23H,3,6-12,14-17H2,1H3,(H,26,31)/t19-,20-,23-/m1/s1. The van der Waals surface area contributed by atoms with Crippen LogP contribution < -0.4 is 10.1 Å². The summed E-state index contributed by atoms with van der Waals surface area (Å²) in [4.78, 5) is 31.9. The van der Waals surface area contributed by atoms with Gasteiger partial charge in [0.05, 0.1) is 7.11 Å². The van der Waals surface area contributed by atoms with Crippen LogP contribution in [0.1, 0.15) is 44.1 Å². The number of nitrogens with one attached hydrogen (secondary N) is 1. The Bertz CT molecular complexity index is 838. The van der Waals surface area contributed by atoms with E-state index in [0.717, 1.165) is 69.7 Å². The van der Waals surface area contributed by atoms with Gasteiger partial charge in [-0.05, 0) is 61.6 Å². The smallest absolute Gasteiger partial charge is 0.317 e. The average molecular weight is 441 g/mol. The molecule has 1 aromatic carbocycles. The predicted octanol–water partition coefficient (Wildman–Crippen LogP) is 2.70. The van der Waals surface area contributed by atoms with Crippen molar-refractivity contribution in [1.82, 2.24) is 20.0 Å². The maximum atomic E-state index is 12.7. The molecule has 4 aliphatic heterocycles. The number of methoxy groups -OCH3 is 1. The number of urea groups is 1. The minimum absolute atomic E-state index is 0.0261. The third kappa shape index (κ3) is 4.45. The molecule has 4 fully saturated rings. The SMILES string of the molecule is COc1cccc(CNC(=O)N2CCC(N3C[C@H]4C[C@H](C3)[C@H]3CCCC(=O)N3C4)CC2)c1. The molecule has 4 saturated heterocycles. The highest BCUT2D eigenvalue weighted by Gasteiger charge is 2.45. The van der Waals surface area contributed by atoms with Crippen LogP contribution in [0.15, 0.2) is 24.3 Å². The number of amides is 3. The Hall–Kier alpha value is -2.28. The zero-order valence-electron chi connectivity index (χ0n) is 19.2. The number of likely N-dealkylation sites (tertiary alicyclic amines) is 2. The van der Waals surface area contributed by atoms with Crippen molar-refractivity contribution in [3.8, 4) is 5.75 Å². The van der Waals surface area contributed by atoms with Crippen LogP contribution in [-0.2, 0) is 11.3 Å². The van der Waals surface area contributed by atoms with Crippen molar-refractivity contribution in [3.63, 3.8) is 0 Å². The minimum atomic E-state index is 0.0261. The van der Waals surface area contributed by atoms with Gasteiger partial charge in [0, 0.05) is 57.8 Å². The summed E-state index contributed by atoms with van der Waals surface area (Å²) >= 11 is 0. The van der Waals surface area contributed by atoms with Gasteiger partial charge in [0.2, 0.25) is 5.91 Å². The van der Waals surface area contributed by atoms with Gasteiger partial charge in [0.15, 0.2) is 0 Å². The monoisotopic (exact) mass is 440 g/mol. The van der Waals surface area contributed by atoms with Crippen LogP contribution in [0.3, 0.4) is 0 Å². The normalized spacial score (nSPS) is 28.9. The van der Waals surface area contributed by atoms with Gasteiger partial charge in [0.25, 0.3) is 0 Å². The maximum absolute atomic E-state index is 12.7. The van der Waals surface area contributed by atoms with E-state index in [1.54, 1.807) is 7.11 Å². The summed E-state index contributed by atoms with van der Waals surface area (Å²) in [6.07, 6.45) is 6.36. The fraction of sp³-hybridized carbons (Fsp3) is 0.680. The van der Waals surface area contributed by atoms with Crippen molar-refractivity contribution in [2.45, 2.75) is 57.2 Å². The second-order valence-electron chi connectivity index (χ2n) is 10.0. The van der Waals surface area contributed by atoms with Gasteiger partial charge in [-0.3, -0.25) is 9.69 Å². The van der Waals surface area contributed by atoms with Gasteiger partial charge >= 0.3 is 6.03 Å². The van der Waals surface area contributed by atoms with Crippen LogP contribution in [-0.4, -0.2) is 78.6 Å². The number of hydrogen-bond acceptors (Lipinski definition) is 4. The second-order valence-corrected chi connectivity index (χ2v) is 10.0. The number of rotatable bonds is 4. The molecule has 0 spiro atoms. The molecule has 1 aromatic rings. The lowest BCUT2D eigenvalue weighted by Crippen LogP contribution is -2.62. The van der Waals surface area contributed by atoms with E-state index in [9.17, 15) is 9.59 Å². The summed E-state index contributed by atoms with van der Waals surface area (Å²) in [6.45, 7) is 5.34. The Morgan fingerprint density at radius 2 is 2.00 bits per heavy atom. The molecule has 7 heteroatoms. The molecule has 0 aromatic heterocycles. The van der Waals surface area contributed by atoms with E-state index in [1.807, 2.05) is 29.2 Å². The van der Waals surface area contributed by atoms with Crippen molar-refractivity contribution in [2.75, 3.05) is 39.8 Å². The molecule has 4 aliphatic rings. The maximum Gasteiger partial charge on any atom is 0.317 e. The topological polar surface area (TPSA) is 65.1 Å². The second kappa shape index (κ2) is 9.30. The third-order valence-corrected chi connectivity index (χ3v) is 8.05. The lowest BCUT2D eigenvalue weighted by molar-refractivity contribution is -0.145. The van der Waals surface area contributed by atoms with Crippen LogP contribution in [0.4, 0.5) is 4.79 Å². The molecule has 0 radical (unpaired) electrons. The lowest BCUT2D eigenvalue weighted by atomic mass is 9.75. The van der Waals surface area contributed by atoms with E-state index < -0.39 is 0 Å². The molecular formula is C25H36N4O3. The van der Waals surface area contributed by atoms with Crippen LogP contribution >= 0.6 is 0 Å². The molecule has 3 atom stereocenters. The zero-order chi connectivity index (χ0) is 22.1. The number of hydrogen-bond donors (Lipinski definition) is 1. The van der Waals surface area contributed by atoms with Gasteiger partial charge in [0.1, 0.15) is 5.75 Å². The molecule has 0 unspecified atom stereocenters. The Kier molecular flexibility index (Phi) is 6.26. The first-order chi connectivity index (χ1) is 15.6. The molecule has 2 bridgehead atoms. The first kappa shape index (κ1) is 21.6. The van der Waals surface area contributed by atoms with Crippen molar-refractivity contribution in [1.29, 1.82) is 0 Å². The summed E-state index contributed by atoms with van der Waals surface area (Å²) in [5, 5.41) is 3.06. The molecule has 174 valence electrons. The number of piperidine rings is 4. The highest BCUT2D eigenvalue weighted by Crippen LogP contribution is 2.39. The van der Waals surface area contributed by atoms with Gasteiger partial charge in [-0.1, -0.05) is 12.1 Å². The molecule has 1 N–H and O–H groups in total. The van der Waals surface area contributed by atoms with Crippen LogP contribution in [0, 0.1) is 11.8 Å². The van der Waals surface area contributed by atoms with Gasteiger partial charge in [-0.15, -0.1) is 0 Å². The summed E-state index contributed by atoms with van der Waals surface area (Å²) < 4.78 is 5.26. The molecule has 3 amide bonds. The van der Waals surface area contributed by atoms with Crippen molar-refractivity contribution in [2.24, 2.45) is 11.8 Å². The van der Waals surface area contributed by atoms with Crippen LogP contribution in [0.2, 0.25) is 0 Å². The number of nitrogens with zero attached hydrogens (tertiary/aromatic N) is 3. The molecular weight excluding hydrogens is 404 g/mol. The Morgan fingerprint density at radius 3 is 2.81 bits per heavy atom. The predicted molar refractivity (Wildman–Crippen MR) is 122 cm³/mol. The number of benzene rings is 1. The first-order valence-electron chi connectivity index (χ1n) is 12.3.